The molecule has 8 atom stereocenters. The maximum atomic E-state index is 16.9. The van der Waals surface area contributed by atoms with E-state index in [1.165, 1.54) is 70.5 Å². The third-order valence-corrected chi connectivity index (χ3v) is 20.7. The summed E-state index contributed by atoms with van der Waals surface area (Å²) in [5, 5.41) is 20.3. The lowest BCUT2D eigenvalue weighted by atomic mass is 9.77. The molecule has 39 heteroatoms. The number of nitrogens with zero attached hydrogens (tertiary/aromatic N) is 8. The van der Waals surface area contributed by atoms with Crippen molar-refractivity contribution >= 4 is 55.6 Å². The number of carboxylic acid groups (broad SMARTS) is 1. The Bertz CT molecular complexity index is 4320. The van der Waals surface area contributed by atoms with Crippen LogP contribution in [0, 0.1) is 47.1 Å². The SMILES string of the molecule is CC[C@H](C)[C@@H](C(=O)O)N(C)C(=O)Cc1cc(C)cc(OP(=O)(O)O)c1C(C)(C)CC(=O)O[C@@H](CN(Cc1c(F)cc(-c2ccn(C(F)F)n2)cc1F)NC(=O)[C@@H](NC(=O)OC)C(C)(C)C(F)(F)F)[C@H](Cc1ccc(C#Cc2cnc(N3CC4CCC(C3)N4C3COC3)nc2)cc1)NC(=O)[C@@H](NC(=O)OC)C(C)(C)C(F)(F)F. The third kappa shape index (κ3) is 21.3. The Morgan fingerprint density at radius 1 is 0.777 bits per heavy atom. The Balaban J connectivity index is 1.28. The van der Waals surface area contributed by atoms with E-state index >= 15 is 44.7 Å². The number of alkyl halides is 8. The van der Waals surface area contributed by atoms with Gasteiger partial charge in [-0.1, -0.05) is 64.2 Å². The number of hydrazine groups is 1. The molecule has 3 aliphatic heterocycles. The van der Waals surface area contributed by atoms with Gasteiger partial charge in [0.1, 0.15) is 41.6 Å². The fourth-order valence-corrected chi connectivity index (χ4v) is 14.1. The smallest absolute Gasteiger partial charge is 0.480 e. The van der Waals surface area contributed by atoms with Crippen LogP contribution >= 0.6 is 7.82 Å². The molecule has 5 heterocycles. The second-order valence-electron chi connectivity index (χ2n) is 29.6. The number of rotatable bonds is 31. The molecule has 0 spiro atoms. The first-order chi connectivity index (χ1) is 52.2. The highest BCUT2D eigenvalue weighted by molar-refractivity contribution is 7.46. The molecule has 5 aromatic rings. The molecule has 2 bridgehead atoms. The van der Waals surface area contributed by atoms with E-state index < -0.39 is 188 Å². The number of aromatic nitrogens is 4. The van der Waals surface area contributed by atoms with Gasteiger partial charge in [-0.05, 0) is 113 Å². The van der Waals surface area contributed by atoms with Crippen molar-refractivity contribution in [3.05, 3.63) is 124 Å². The normalized spacial score (nSPS) is 17.4. The number of esters is 1. The first-order valence-electron chi connectivity index (χ1n) is 35.3. The van der Waals surface area contributed by atoms with E-state index in [4.69, 9.17) is 14.0 Å². The van der Waals surface area contributed by atoms with Gasteiger partial charge in [-0.2, -0.15) is 40.2 Å². The Hall–Kier alpha value is -9.67. The molecule has 2 unspecified atom stereocenters. The number of alkyl carbamates (subject to hydrolysis) is 2. The van der Waals surface area contributed by atoms with Crippen molar-refractivity contribution in [2.45, 2.75) is 180 Å². The van der Waals surface area contributed by atoms with Gasteiger partial charge in [-0.15, -0.1) is 0 Å². The summed E-state index contributed by atoms with van der Waals surface area (Å²) in [6, 6.07) is 2.27. The number of hydrogen-bond acceptors (Lipinski definition) is 19. The lowest BCUT2D eigenvalue weighted by Gasteiger charge is -2.47. The number of carbonyl (C=O) groups is 7. The van der Waals surface area contributed by atoms with Gasteiger partial charge in [0.2, 0.25) is 17.8 Å². The molecule has 28 nitrogen and oxygen atoms in total. The summed E-state index contributed by atoms with van der Waals surface area (Å²) < 4.78 is 192. The number of amides is 5. The van der Waals surface area contributed by atoms with E-state index in [0.29, 0.717) is 106 Å². The minimum atomic E-state index is -5.61. The van der Waals surface area contributed by atoms with Crippen LogP contribution in [0.3, 0.4) is 0 Å². The van der Waals surface area contributed by atoms with Crippen LogP contribution in [0.15, 0.2) is 73.2 Å². The van der Waals surface area contributed by atoms with Crippen LogP contribution in [0.5, 0.6) is 5.75 Å². The number of aryl methyl sites for hydroxylation is 1. The van der Waals surface area contributed by atoms with Crippen molar-refractivity contribution in [3.63, 3.8) is 0 Å². The average molecular weight is 1610 g/mol. The Morgan fingerprint density at radius 3 is 1.82 bits per heavy atom. The van der Waals surface area contributed by atoms with E-state index in [9.17, 15) is 52.2 Å². The summed E-state index contributed by atoms with van der Waals surface area (Å²) in [6.07, 6.45) is -12.7. The molecule has 7 N–H and O–H groups in total. The Kier molecular flexibility index (Phi) is 27.9. The summed E-state index contributed by atoms with van der Waals surface area (Å²) in [5.74, 6) is -5.29. The molecule has 0 saturated carbocycles. The van der Waals surface area contributed by atoms with Gasteiger partial charge in [0, 0.05) is 85.0 Å². The molecule has 3 aliphatic rings. The lowest BCUT2D eigenvalue weighted by molar-refractivity contribution is -0.221. The second kappa shape index (κ2) is 35.6. The van der Waals surface area contributed by atoms with E-state index in [-0.39, 0.29) is 33.4 Å². The number of phosphoric ester groups is 1. The number of ether oxygens (including phenoxy) is 4. The molecule has 0 radical (unpaired) electrons. The number of benzene rings is 3. The molecule has 8 rings (SSSR count). The number of methoxy groups -OCH3 is 2. The van der Waals surface area contributed by atoms with Gasteiger partial charge in [0.15, 0.2) is 0 Å². The van der Waals surface area contributed by atoms with E-state index in [2.05, 4.69) is 56.9 Å². The highest BCUT2D eigenvalue weighted by atomic mass is 31.2. The van der Waals surface area contributed by atoms with Crippen LogP contribution in [0.25, 0.3) is 11.3 Å². The van der Waals surface area contributed by atoms with Crippen molar-refractivity contribution in [2.75, 3.05) is 59.0 Å². The number of piperazine rings is 1. The third-order valence-electron chi connectivity index (χ3n) is 20.3. The number of likely N-dealkylation sites (N-methyl/N-ethyl adjacent to an activating group) is 1. The number of carboxylic acids is 1. The molecule has 3 aromatic carbocycles. The van der Waals surface area contributed by atoms with Crippen molar-refractivity contribution in [2.24, 2.45) is 16.7 Å². The summed E-state index contributed by atoms with van der Waals surface area (Å²) >= 11 is 0. The summed E-state index contributed by atoms with van der Waals surface area (Å²) in [7, 11) is -2.93. The number of aliphatic carboxylic acids is 1. The Labute approximate surface area is 638 Å². The Morgan fingerprint density at radius 2 is 1.33 bits per heavy atom. The zero-order valence-electron chi connectivity index (χ0n) is 63.1. The lowest BCUT2D eigenvalue weighted by Crippen LogP contribution is -2.64. The minimum Gasteiger partial charge on any atom is -0.480 e. The molecule has 612 valence electrons. The molecule has 3 saturated heterocycles. The van der Waals surface area contributed by atoms with Gasteiger partial charge in [0.25, 0.3) is 5.91 Å². The van der Waals surface area contributed by atoms with Gasteiger partial charge < -0.3 is 54.3 Å². The van der Waals surface area contributed by atoms with Gasteiger partial charge in [0.05, 0.1) is 81.0 Å². The molecular formula is C73H89F10N12O16P. The van der Waals surface area contributed by atoms with Gasteiger partial charge in [-0.3, -0.25) is 39.3 Å². The van der Waals surface area contributed by atoms with E-state index in [0.717, 1.165) is 50.3 Å². The number of anilines is 1. The molecular weight excluding hydrogens is 1520 g/mol. The molecule has 112 heavy (non-hydrogen) atoms. The quantitative estimate of drug-likeness (QED) is 0.00542. The molecule has 3 fully saturated rings. The standard InChI is InChI=1S/C73H89F10N12O16P/c1-13-40(3)59(64(100)101)91(10)56(96)29-45-24-39(2)25-54(111-112(104,105)106)58(45)69(4,5)30-57(97)110-55(36-93(90-63(99)61(88-68(103)108-12)71(8,9)73(81,82)83)35-49-50(74)27-44(28-51(49)75)52-22-23-94(89-52)65(76)77)53(86-62(98)60(87-67(102)107-11)70(6,7)72(78,79)80)26-42-17-14-41(15-18-42)16-19-43-31-84-66(85-32-43)92-33-46-20-21-47(34-92)95(46)48-37-109-38-48/h14-15,17-18,22-25,27-28,31-32,40,46-48,53,55,59-61,65H,13,20-21,26,29-30,33-38H2,1-12H3,(H,86,98)(H,87,102)(H,88,103)(H,90,99)(H,100,101)(H2,104,105,106)/t40-,46?,47?,53-,55-,59-,60+,61+/m0/s1. The van der Waals surface area contributed by atoms with Crippen molar-refractivity contribution in [1.82, 2.24) is 55.9 Å². The van der Waals surface area contributed by atoms with E-state index in [1.807, 2.05) is 5.32 Å². The van der Waals surface area contributed by atoms with Gasteiger partial charge >= 0.3 is 50.8 Å². The zero-order chi connectivity index (χ0) is 83.1. The van der Waals surface area contributed by atoms with Crippen LogP contribution in [0.1, 0.15) is 127 Å². The van der Waals surface area contributed by atoms with Crippen LogP contribution in [-0.2, 0) is 72.3 Å². The van der Waals surface area contributed by atoms with E-state index in [1.54, 1.807) is 19.2 Å². The number of phosphoric acid groups is 1. The predicted octanol–water partition coefficient (Wildman–Crippen LogP) is 9.21. The summed E-state index contributed by atoms with van der Waals surface area (Å²) in [6.45, 7) is 6.00. The van der Waals surface area contributed by atoms with Crippen LogP contribution in [0.4, 0.5) is 59.4 Å². The van der Waals surface area contributed by atoms with Crippen LogP contribution in [-0.4, -0.2) is 206 Å². The maximum Gasteiger partial charge on any atom is 0.524 e. The zero-order valence-corrected chi connectivity index (χ0v) is 64.0. The fraction of sp³-hybridized carbons (Fsp3) is 0.534. The van der Waals surface area contributed by atoms with Crippen molar-refractivity contribution < 1.29 is 120 Å². The summed E-state index contributed by atoms with van der Waals surface area (Å²) in [4.78, 5) is 134. The number of hydrogen-bond donors (Lipinski definition) is 7. The number of carbonyl (C=O) groups excluding carboxylic acids is 6. The average Bonchev–Trinajstić information content (AvgIpc) is 1.38. The second-order valence-corrected chi connectivity index (χ2v) is 30.8. The highest BCUT2D eigenvalue weighted by Gasteiger charge is 2.58. The molecule has 5 amide bonds. The predicted molar refractivity (Wildman–Crippen MR) is 380 cm³/mol. The highest BCUT2D eigenvalue weighted by Crippen LogP contribution is 2.47. The topological polar surface area (TPSA) is 348 Å². The first kappa shape index (κ1) is 87.9. The largest absolute Gasteiger partial charge is 0.524 e. The number of halogens is 10. The first-order valence-corrected chi connectivity index (χ1v) is 36.8. The fourth-order valence-electron chi connectivity index (χ4n) is 13.7. The molecule has 2 aromatic heterocycles. The van der Waals surface area contributed by atoms with Gasteiger partial charge in [-0.25, -0.2) is 47.4 Å². The summed E-state index contributed by atoms with van der Waals surface area (Å²) in [5.41, 5.74) is -7.89. The number of fused-ring (bicyclic) bond motifs is 2. The maximum absolute atomic E-state index is 16.9. The van der Waals surface area contributed by atoms with Crippen molar-refractivity contribution in [1.29, 1.82) is 0 Å². The minimum absolute atomic E-state index is 0.0832. The van der Waals surface area contributed by atoms with Crippen LogP contribution in [0.2, 0.25) is 0 Å². The number of nitrogens with one attached hydrogen (secondary N) is 4. The van der Waals surface area contributed by atoms with Crippen LogP contribution < -0.4 is 30.8 Å². The monoisotopic (exact) mass is 1610 g/mol. The molecule has 0 aliphatic carbocycles. The van der Waals surface area contributed by atoms with Crippen molar-refractivity contribution in [3.8, 4) is 28.8 Å².